The van der Waals surface area contributed by atoms with Crippen LogP contribution in [0, 0.1) is 0 Å². The summed E-state index contributed by atoms with van der Waals surface area (Å²) in [6.07, 6.45) is 5.15. The van der Waals surface area contributed by atoms with Gasteiger partial charge in [-0.15, -0.1) is 0 Å². The predicted molar refractivity (Wildman–Crippen MR) is 110 cm³/mol. The minimum Gasteiger partial charge on any atom is -0.449 e. The van der Waals surface area contributed by atoms with Gasteiger partial charge in [0.1, 0.15) is 5.71 Å². The fourth-order valence-corrected chi connectivity index (χ4v) is 3.13. The van der Waals surface area contributed by atoms with Crippen molar-refractivity contribution < 1.29 is 19.1 Å². The zero-order chi connectivity index (χ0) is 20.4. The second-order valence-corrected chi connectivity index (χ2v) is 7.84. The van der Waals surface area contributed by atoms with Crippen molar-refractivity contribution in [2.75, 3.05) is 0 Å². The quantitative estimate of drug-likeness (QED) is 0.323. The lowest BCUT2D eigenvalue weighted by Gasteiger charge is -2.16. The first-order chi connectivity index (χ1) is 13.9. The Morgan fingerprint density at radius 1 is 1.14 bits per heavy atom. The van der Waals surface area contributed by atoms with Crippen LogP contribution in [0.25, 0.3) is 0 Å². The third-order valence-corrected chi connectivity index (χ3v) is 4.73. The van der Waals surface area contributed by atoms with E-state index in [0.29, 0.717) is 29.3 Å². The Hall–Kier alpha value is -3.13. The average molecular weight is 456 g/mol. The molecule has 0 aliphatic carbocycles. The topological polar surface area (TPSA) is 74.9 Å². The highest BCUT2D eigenvalue weighted by Crippen LogP contribution is 2.39. The molecule has 2 aromatic carbocycles. The van der Waals surface area contributed by atoms with E-state index < -0.39 is 11.8 Å². The number of fused-ring (bicyclic) bond motifs is 1. The summed E-state index contributed by atoms with van der Waals surface area (Å²) in [5.74, 6) is 0.0107. The first kappa shape index (κ1) is 19.2. The van der Waals surface area contributed by atoms with Gasteiger partial charge in [-0.25, -0.2) is 9.78 Å². The van der Waals surface area contributed by atoms with Gasteiger partial charge in [0.05, 0.1) is 18.4 Å². The van der Waals surface area contributed by atoms with Crippen molar-refractivity contribution in [2.45, 2.75) is 26.2 Å². The van der Waals surface area contributed by atoms with Crippen LogP contribution in [-0.4, -0.2) is 27.0 Å². The van der Waals surface area contributed by atoms with Gasteiger partial charge in [0.2, 0.25) is 5.79 Å². The number of ether oxygens (including phenoxy) is 2. The number of nitrogens with zero attached hydrogens (tertiary/aromatic N) is 3. The normalized spacial score (nSPS) is 14.7. The van der Waals surface area contributed by atoms with Gasteiger partial charge in [-0.1, -0.05) is 21.1 Å². The summed E-state index contributed by atoms with van der Waals surface area (Å²) in [6, 6.07) is 12.4. The van der Waals surface area contributed by atoms with E-state index in [-0.39, 0.29) is 0 Å². The second kappa shape index (κ2) is 7.71. The predicted octanol–water partition coefficient (Wildman–Crippen LogP) is 4.41. The van der Waals surface area contributed by atoms with Gasteiger partial charge in [0.25, 0.3) is 0 Å². The molecule has 29 heavy (non-hydrogen) atoms. The van der Waals surface area contributed by atoms with Gasteiger partial charge in [-0.05, 0) is 42.5 Å². The van der Waals surface area contributed by atoms with Gasteiger partial charge in [-0.2, -0.15) is 0 Å². The average Bonchev–Trinajstić information content (AvgIpc) is 3.30. The fraction of sp³-hybridized carbons (Fsp3) is 0.190. The molecule has 0 fully saturated rings. The summed E-state index contributed by atoms with van der Waals surface area (Å²) < 4.78 is 14.3. The lowest BCUT2D eigenvalue weighted by molar-refractivity contribution is -0.0431. The highest BCUT2D eigenvalue weighted by atomic mass is 79.9. The molecule has 0 atom stereocenters. The standard InChI is InChI=1S/C21H18BrN3O4/c1-21(2)27-18-8-5-15(11-19(18)28-21)17(12-25-10-9-23-13-25)24-29-20(26)14-3-6-16(22)7-4-14/h3-11,13H,12H2,1-2H3/b24-17+. The SMILES string of the molecule is CC1(C)Oc2ccc(/C(Cn3ccnc3)=N/OC(=O)c3ccc(Br)cc3)cc2O1. The van der Waals surface area contributed by atoms with Crippen LogP contribution in [0.1, 0.15) is 29.8 Å². The van der Waals surface area contributed by atoms with E-state index >= 15 is 0 Å². The van der Waals surface area contributed by atoms with Crippen molar-refractivity contribution >= 4 is 27.6 Å². The van der Waals surface area contributed by atoms with Gasteiger partial charge in [0.15, 0.2) is 11.5 Å². The largest absolute Gasteiger partial charge is 0.449 e. The number of oxime groups is 1. The van der Waals surface area contributed by atoms with Crippen molar-refractivity contribution in [1.82, 2.24) is 9.55 Å². The summed E-state index contributed by atoms with van der Waals surface area (Å²) in [7, 11) is 0. The second-order valence-electron chi connectivity index (χ2n) is 6.92. The number of aromatic nitrogens is 2. The summed E-state index contributed by atoms with van der Waals surface area (Å²) in [5, 5.41) is 4.14. The van der Waals surface area contributed by atoms with Crippen molar-refractivity contribution in [3.8, 4) is 11.5 Å². The number of benzene rings is 2. The van der Waals surface area contributed by atoms with Crippen LogP contribution < -0.4 is 9.47 Å². The summed E-state index contributed by atoms with van der Waals surface area (Å²) in [6.45, 7) is 4.05. The third-order valence-electron chi connectivity index (χ3n) is 4.20. The maximum Gasteiger partial charge on any atom is 0.365 e. The van der Waals surface area contributed by atoms with E-state index in [0.717, 1.165) is 10.0 Å². The van der Waals surface area contributed by atoms with E-state index in [9.17, 15) is 4.79 Å². The number of halogens is 1. The van der Waals surface area contributed by atoms with Crippen LogP contribution in [-0.2, 0) is 11.4 Å². The maximum absolute atomic E-state index is 12.4. The first-order valence-corrected chi connectivity index (χ1v) is 9.71. The van der Waals surface area contributed by atoms with Crippen LogP contribution in [0.15, 0.2) is 70.8 Å². The van der Waals surface area contributed by atoms with Gasteiger partial charge < -0.3 is 18.9 Å². The fourth-order valence-electron chi connectivity index (χ4n) is 2.86. The molecule has 0 spiro atoms. The highest BCUT2D eigenvalue weighted by molar-refractivity contribution is 9.10. The minimum absolute atomic E-state index is 0.372. The number of carbonyl (C=O) groups is 1. The molecule has 0 unspecified atom stereocenters. The zero-order valence-corrected chi connectivity index (χ0v) is 17.4. The smallest absolute Gasteiger partial charge is 0.365 e. The van der Waals surface area contributed by atoms with Crippen molar-refractivity contribution in [3.05, 3.63) is 76.8 Å². The Bertz CT molecular complexity index is 1060. The number of imidazole rings is 1. The van der Waals surface area contributed by atoms with Crippen LogP contribution in [0.5, 0.6) is 11.5 Å². The Morgan fingerprint density at radius 3 is 2.59 bits per heavy atom. The van der Waals surface area contributed by atoms with E-state index in [1.165, 1.54) is 0 Å². The molecule has 1 aliphatic rings. The Morgan fingerprint density at radius 2 is 1.86 bits per heavy atom. The van der Waals surface area contributed by atoms with Gasteiger partial charge in [0, 0.05) is 36.3 Å². The molecule has 4 rings (SSSR count). The molecule has 3 aromatic rings. The highest BCUT2D eigenvalue weighted by Gasteiger charge is 2.32. The molecule has 2 heterocycles. The van der Waals surface area contributed by atoms with Gasteiger partial charge in [-0.3, -0.25) is 0 Å². The van der Waals surface area contributed by atoms with Crippen molar-refractivity contribution in [2.24, 2.45) is 5.16 Å². The zero-order valence-electron chi connectivity index (χ0n) is 15.8. The van der Waals surface area contributed by atoms with Crippen LogP contribution in [0.2, 0.25) is 0 Å². The van der Waals surface area contributed by atoms with E-state index in [2.05, 4.69) is 26.1 Å². The number of rotatable bonds is 5. The Kier molecular flexibility index (Phi) is 5.10. The molecule has 0 bridgehead atoms. The maximum atomic E-state index is 12.4. The number of hydrogen-bond donors (Lipinski definition) is 0. The molecule has 0 amide bonds. The number of hydrogen-bond acceptors (Lipinski definition) is 6. The molecule has 148 valence electrons. The Labute approximate surface area is 176 Å². The Balaban J connectivity index is 1.61. The summed E-state index contributed by atoms with van der Waals surface area (Å²) >= 11 is 3.34. The molecule has 0 saturated heterocycles. The van der Waals surface area contributed by atoms with Crippen LogP contribution in [0.4, 0.5) is 0 Å². The molecule has 7 nitrogen and oxygen atoms in total. The number of carbonyl (C=O) groups excluding carboxylic acids is 1. The summed E-state index contributed by atoms with van der Waals surface area (Å²) in [4.78, 5) is 21.6. The molecular weight excluding hydrogens is 438 g/mol. The first-order valence-electron chi connectivity index (χ1n) is 8.92. The minimum atomic E-state index is -0.726. The molecule has 1 aromatic heterocycles. The third kappa shape index (κ3) is 4.48. The molecule has 0 saturated carbocycles. The molecule has 0 radical (unpaired) electrons. The van der Waals surface area contributed by atoms with E-state index in [1.807, 2.05) is 42.8 Å². The lowest BCUT2D eigenvalue weighted by atomic mass is 10.1. The molecule has 8 heteroatoms. The van der Waals surface area contributed by atoms with E-state index in [4.69, 9.17) is 14.3 Å². The molecular formula is C21H18BrN3O4. The lowest BCUT2D eigenvalue weighted by Crippen LogP contribution is -2.29. The van der Waals surface area contributed by atoms with Crippen LogP contribution >= 0.6 is 15.9 Å². The molecule has 0 N–H and O–H groups in total. The molecule has 1 aliphatic heterocycles. The van der Waals surface area contributed by atoms with E-state index in [1.54, 1.807) is 36.8 Å². The summed E-state index contributed by atoms with van der Waals surface area (Å²) in [5.41, 5.74) is 1.71. The van der Waals surface area contributed by atoms with Crippen molar-refractivity contribution in [1.29, 1.82) is 0 Å². The van der Waals surface area contributed by atoms with Gasteiger partial charge >= 0.3 is 5.97 Å². The monoisotopic (exact) mass is 455 g/mol. The van der Waals surface area contributed by atoms with Crippen LogP contribution in [0.3, 0.4) is 0 Å². The van der Waals surface area contributed by atoms with Crippen molar-refractivity contribution in [3.63, 3.8) is 0 Å².